The SMILES string of the molecule is CC(C)(C)OC(=O)N(C(=O)OC(C)(C)C)c1ncc(-c2cncc(F)c2)nc1Br. The maximum atomic E-state index is 13.4. The van der Waals surface area contributed by atoms with Crippen molar-refractivity contribution in [2.24, 2.45) is 0 Å². The number of carbonyl (C=O) groups excluding carboxylic acids is 2. The van der Waals surface area contributed by atoms with Crippen molar-refractivity contribution in [2.45, 2.75) is 52.7 Å². The van der Waals surface area contributed by atoms with E-state index in [1.54, 1.807) is 41.5 Å². The van der Waals surface area contributed by atoms with Crippen molar-refractivity contribution < 1.29 is 23.5 Å². The monoisotopic (exact) mass is 468 g/mol. The standard InChI is InChI=1S/C19H22BrFN4O4/c1-18(2,3)28-16(26)25(17(27)29-19(4,5)6)15-14(20)24-13(10-23-15)11-7-12(21)9-22-8-11/h7-10H,1-6H3. The van der Waals surface area contributed by atoms with Crippen molar-refractivity contribution in [2.75, 3.05) is 4.90 Å². The van der Waals surface area contributed by atoms with Crippen LogP contribution < -0.4 is 4.90 Å². The lowest BCUT2D eigenvalue weighted by molar-refractivity contribution is 0.0428. The van der Waals surface area contributed by atoms with Gasteiger partial charge < -0.3 is 9.47 Å². The van der Waals surface area contributed by atoms with E-state index < -0.39 is 29.2 Å². The zero-order valence-electron chi connectivity index (χ0n) is 17.0. The Hall–Kier alpha value is -2.62. The number of rotatable bonds is 2. The van der Waals surface area contributed by atoms with Gasteiger partial charge in [-0.3, -0.25) is 4.98 Å². The molecular formula is C19H22BrFN4O4. The molecule has 0 saturated carbocycles. The number of hydrogen-bond acceptors (Lipinski definition) is 7. The number of carbonyl (C=O) groups is 2. The van der Waals surface area contributed by atoms with Crippen LogP contribution in [0.5, 0.6) is 0 Å². The minimum atomic E-state index is -0.970. The molecule has 0 aliphatic heterocycles. The van der Waals surface area contributed by atoms with Gasteiger partial charge in [0.15, 0.2) is 5.82 Å². The molecule has 2 amide bonds. The number of hydrogen-bond donors (Lipinski definition) is 0. The molecule has 0 unspecified atom stereocenters. The van der Waals surface area contributed by atoms with Crippen molar-refractivity contribution in [3.05, 3.63) is 35.1 Å². The average Bonchev–Trinajstić information content (AvgIpc) is 2.53. The molecule has 0 spiro atoms. The molecule has 2 heterocycles. The minimum Gasteiger partial charge on any atom is -0.443 e. The van der Waals surface area contributed by atoms with Crippen LogP contribution in [0.25, 0.3) is 11.3 Å². The van der Waals surface area contributed by atoms with E-state index in [2.05, 4.69) is 30.9 Å². The molecule has 2 aromatic heterocycles. The molecule has 156 valence electrons. The summed E-state index contributed by atoms with van der Waals surface area (Å²) in [4.78, 5) is 38.2. The molecule has 29 heavy (non-hydrogen) atoms. The van der Waals surface area contributed by atoms with Gasteiger partial charge >= 0.3 is 12.2 Å². The summed E-state index contributed by atoms with van der Waals surface area (Å²) in [5.74, 6) is -0.657. The highest BCUT2D eigenvalue weighted by atomic mass is 79.9. The minimum absolute atomic E-state index is 0.0657. The molecule has 0 aliphatic carbocycles. The molecule has 0 bridgehead atoms. The van der Waals surface area contributed by atoms with E-state index in [0.29, 0.717) is 16.2 Å². The van der Waals surface area contributed by atoms with Crippen LogP contribution in [0, 0.1) is 5.82 Å². The fourth-order valence-electron chi connectivity index (χ4n) is 2.06. The third kappa shape index (κ3) is 6.45. The van der Waals surface area contributed by atoms with Gasteiger partial charge in [-0.05, 0) is 63.5 Å². The summed E-state index contributed by atoms with van der Waals surface area (Å²) in [6.45, 7) is 9.99. The number of anilines is 1. The number of nitrogens with zero attached hydrogens (tertiary/aromatic N) is 4. The molecule has 0 aromatic carbocycles. The van der Waals surface area contributed by atoms with Gasteiger partial charge in [-0.2, -0.15) is 4.90 Å². The summed E-state index contributed by atoms with van der Waals surface area (Å²) in [5, 5.41) is 0. The molecule has 0 atom stereocenters. The second kappa shape index (κ2) is 8.40. The van der Waals surface area contributed by atoms with E-state index >= 15 is 0 Å². The topological polar surface area (TPSA) is 94.5 Å². The zero-order valence-corrected chi connectivity index (χ0v) is 18.6. The van der Waals surface area contributed by atoms with Gasteiger partial charge in [0, 0.05) is 11.8 Å². The van der Waals surface area contributed by atoms with Gasteiger partial charge in [-0.25, -0.2) is 23.9 Å². The fraction of sp³-hybridized carbons (Fsp3) is 0.421. The van der Waals surface area contributed by atoms with E-state index in [9.17, 15) is 14.0 Å². The van der Waals surface area contributed by atoms with Crippen LogP contribution in [0.2, 0.25) is 0 Å². The summed E-state index contributed by atoms with van der Waals surface area (Å²) >= 11 is 3.21. The first-order valence-electron chi connectivity index (χ1n) is 8.66. The Balaban J connectivity index is 2.46. The van der Waals surface area contributed by atoms with E-state index in [0.717, 1.165) is 6.20 Å². The Morgan fingerprint density at radius 1 is 1.00 bits per heavy atom. The third-order valence-corrected chi connectivity index (χ3v) is 3.61. The Morgan fingerprint density at radius 3 is 2.00 bits per heavy atom. The van der Waals surface area contributed by atoms with Crippen molar-refractivity contribution in [1.29, 1.82) is 0 Å². The van der Waals surface area contributed by atoms with Crippen LogP contribution in [-0.2, 0) is 9.47 Å². The average molecular weight is 469 g/mol. The molecular weight excluding hydrogens is 447 g/mol. The Bertz CT molecular complexity index is 897. The molecule has 8 nitrogen and oxygen atoms in total. The lowest BCUT2D eigenvalue weighted by Crippen LogP contribution is -2.44. The van der Waals surface area contributed by atoms with Crippen LogP contribution in [-0.4, -0.2) is 38.3 Å². The van der Waals surface area contributed by atoms with E-state index in [-0.39, 0.29) is 10.4 Å². The Morgan fingerprint density at radius 2 is 1.55 bits per heavy atom. The second-order valence-electron chi connectivity index (χ2n) is 8.06. The molecule has 0 N–H and O–H groups in total. The van der Waals surface area contributed by atoms with E-state index in [4.69, 9.17) is 9.47 Å². The summed E-state index contributed by atoms with van der Waals surface area (Å²) < 4.78 is 24.1. The van der Waals surface area contributed by atoms with Crippen LogP contribution in [0.1, 0.15) is 41.5 Å². The lowest BCUT2D eigenvalue weighted by atomic mass is 10.2. The van der Waals surface area contributed by atoms with Gasteiger partial charge in [-0.15, -0.1) is 0 Å². The predicted molar refractivity (Wildman–Crippen MR) is 108 cm³/mol. The number of amides is 2. The maximum Gasteiger partial charge on any atom is 0.425 e. The van der Waals surface area contributed by atoms with E-state index in [1.807, 2.05) is 0 Å². The molecule has 10 heteroatoms. The van der Waals surface area contributed by atoms with Gasteiger partial charge in [0.1, 0.15) is 21.6 Å². The van der Waals surface area contributed by atoms with Crippen LogP contribution in [0.3, 0.4) is 0 Å². The van der Waals surface area contributed by atoms with Gasteiger partial charge in [0.05, 0.1) is 18.1 Å². The van der Waals surface area contributed by atoms with Crippen LogP contribution in [0.4, 0.5) is 19.8 Å². The first-order valence-corrected chi connectivity index (χ1v) is 9.46. The van der Waals surface area contributed by atoms with Crippen LogP contribution in [0.15, 0.2) is 29.3 Å². The summed E-state index contributed by atoms with van der Waals surface area (Å²) in [6, 6.07) is 1.24. The summed E-state index contributed by atoms with van der Waals surface area (Å²) in [5.41, 5.74) is -1.04. The van der Waals surface area contributed by atoms with Crippen molar-refractivity contribution in [3.8, 4) is 11.3 Å². The zero-order chi connectivity index (χ0) is 22.0. The van der Waals surface area contributed by atoms with E-state index in [1.165, 1.54) is 18.5 Å². The lowest BCUT2D eigenvalue weighted by Gasteiger charge is -2.28. The number of aromatic nitrogens is 3. The van der Waals surface area contributed by atoms with Gasteiger partial charge in [0.25, 0.3) is 0 Å². The highest BCUT2D eigenvalue weighted by Crippen LogP contribution is 2.28. The Labute approximate surface area is 176 Å². The molecule has 0 fully saturated rings. The van der Waals surface area contributed by atoms with Crippen LogP contribution >= 0.6 is 15.9 Å². The normalized spacial score (nSPS) is 11.7. The molecule has 2 rings (SSSR count). The Kier molecular flexibility index (Phi) is 6.56. The maximum absolute atomic E-state index is 13.4. The third-order valence-electron chi connectivity index (χ3n) is 3.08. The number of halogens is 2. The molecule has 0 saturated heterocycles. The predicted octanol–water partition coefficient (Wildman–Crippen LogP) is 5.12. The fourth-order valence-corrected chi connectivity index (χ4v) is 2.53. The number of pyridine rings is 1. The highest BCUT2D eigenvalue weighted by molar-refractivity contribution is 9.10. The molecule has 0 radical (unpaired) electrons. The summed E-state index contributed by atoms with van der Waals surface area (Å²) in [7, 11) is 0. The first kappa shape index (κ1) is 22.7. The van der Waals surface area contributed by atoms with Crippen molar-refractivity contribution in [3.63, 3.8) is 0 Å². The van der Waals surface area contributed by atoms with Gasteiger partial charge in [0.2, 0.25) is 0 Å². The quantitative estimate of drug-likeness (QED) is 0.603. The number of imide groups is 1. The first-order chi connectivity index (χ1) is 13.3. The molecule has 2 aromatic rings. The number of ether oxygens (including phenoxy) is 2. The smallest absolute Gasteiger partial charge is 0.425 e. The second-order valence-corrected chi connectivity index (χ2v) is 8.81. The largest absolute Gasteiger partial charge is 0.443 e. The van der Waals surface area contributed by atoms with Crippen molar-refractivity contribution in [1.82, 2.24) is 15.0 Å². The highest BCUT2D eigenvalue weighted by Gasteiger charge is 2.35. The molecule has 0 aliphatic rings. The van der Waals surface area contributed by atoms with Crippen molar-refractivity contribution >= 4 is 33.9 Å². The summed E-state index contributed by atoms with van der Waals surface area (Å²) in [6.07, 6.45) is 1.83. The van der Waals surface area contributed by atoms with Gasteiger partial charge in [-0.1, -0.05) is 0 Å².